The first-order chi connectivity index (χ1) is 2.50. The van der Waals surface area contributed by atoms with E-state index in [-0.39, 0.29) is 25.8 Å². The maximum absolute atomic E-state index is 3.80. The molecule has 6 heavy (non-hydrogen) atoms. The van der Waals surface area contributed by atoms with E-state index in [1.165, 1.54) is 0 Å². The van der Waals surface area contributed by atoms with Crippen LogP contribution in [0.1, 0.15) is 0 Å². The van der Waals surface area contributed by atoms with E-state index in [0.29, 0.717) is 0 Å². The van der Waals surface area contributed by atoms with Gasteiger partial charge in [-0.05, 0) is 0 Å². The van der Waals surface area contributed by atoms with Crippen molar-refractivity contribution in [2.45, 2.75) is 0 Å². The first-order valence-corrected chi connectivity index (χ1v) is 2.52. The molecule has 0 spiro atoms. The van der Waals surface area contributed by atoms with Crippen LogP contribution in [-0.2, 0) is 25.8 Å². The second-order valence-electron chi connectivity index (χ2n) is 0.821. The van der Waals surface area contributed by atoms with Gasteiger partial charge in [0.1, 0.15) is 5.55 Å². The Morgan fingerprint density at radius 2 is 2.50 bits per heavy atom. The third kappa shape index (κ3) is 2.13. The molecule has 1 rings (SSSR count). The summed E-state index contributed by atoms with van der Waals surface area (Å²) in [6.07, 6.45) is 0. The first-order valence-electron chi connectivity index (χ1n) is 1.53. The fourth-order valence-corrected chi connectivity index (χ4v) is 0.685. The largest absolute Gasteiger partial charge is 0.275 e. The molecule has 0 aliphatic carbocycles. The van der Waals surface area contributed by atoms with Crippen LogP contribution in [0.15, 0.2) is 4.99 Å². The van der Waals surface area contributed by atoms with Gasteiger partial charge in [0.15, 0.2) is 0 Å². The van der Waals surface area contributed by atoms with Crippen molar-refractivity contribution in [3.8, 4) is 0 Å². The molecule has 1 nitrogen and oxygen atoms in total. The summed E-state index contributed by atoms with van der Waals surface area (Å²) in [5.74, 6) is 1.14. The molecule has 0 atom stereocenters. The molecule has 30 valence electrons. The van der Waals surface area contributed by atoms with Gasteiger partial charge in [0.05, 0.1) is 0 Å². The number of hydrogen-bond acceptors (Lipinski definition) is 2. The van der Waals surface area contributed by atoms with E-state index in [1.54, 1.807) is 11.8 Å². The van der Waals surface area contributed by atoms with Gasteiger partial charge in [-0.3, -0.25) is 4.99 Å². The first kappa shape index (κ1) is 6.89. The molecule has 0 N–H and O–H groups in total. The Kier molecular flexibility index (Phi) is 4.66. The van der Waals surface area contributed by atoms with E-state index < -0.39 is 0 Å². The van der Waals surface area contributed by atoms with Crippen molar-refractivity contribution in [2.24, 2.45) is 4.99 Å². The molecule has 0 saturated heterocycles. The summed E-state index contributed by atoms with van der Waals surface area (Å²) < 4.78 is 0. The average Bonchev–Trinajstić information content (AvgIpc) is 1.76. The predicted octanol–water partition coefficient (Wildman–Crippen LogP) is 0.636. The van der Waals surface area contributed by atoms with Crippen LogP contribution in [0.3, 0.4) is 0 Å². The molecule has 1 heterocycles. The summed E-state index contributed by atoms with van der Waals surface area (Å²) in [6.45, 7) is 0.977. The number of nitrogens with zero attached hydrogens (tertiary/aromatic N) is 1. The Morgan fingerprint density at radius 3 is 2.67 bits per heavy atom. The third-order valence-electron chi connectivity index (χ3n) is 0.434. The van der Waals surface area contributed by atoms with Gasteiger partial charge in [-0.2, -0.15) is 0 Å². The van der Waals surface area contributed by atoms with E-state index in [9.17, 15) is 0 Å². The van der Waals surface area contributed by atoms with Crippen molar-refractivity contribution in [1.29, 1.82) is 0 Å². The Hall–Kier alpha value is 0.890. The molecule has 2 radical (unpaired) electrons. The molecule has 0 amide bonds. The van der Waals surface area contributed by atoms with Gasteiger partial charge >= 0.3 is 0 Å². The van der Waals surface area contributed by atoms with Gasteiger partial charge in [-0.15, -0.1) is 11.8 Å². The van der Waals surface area contributed by atoms with Crippen molar-refractivity contribution >= 4 is 17.3 Å². The number of hydrogen-bond donors (Lipinski definition) is 0. The monoisotopic (exact) mass is 131 g/mol. The molecule has 1 aliphatic rings. The summed E-state index contributed by atoms with van der Waals surface area (Å²) in [6, 6.07) is 0. The molecule has 1 aliphatic heterocycles. The predicted molar refractivity (Wildman–Crippen MR) is 24.8 cm³/mol. The maximum Gasteiger partial charge on any atom is 0.122 e. The molecule has 0 aromatic carbocycles. The van der Waals surface area contributed by atoms with Crippen LogP contribution in [0.5, 0.6) is 0 Å². The van der Waals surface area contributed by atoms with Gasteiger partial charge in [0.25, 0.3) is 0 Å². The van der Waals surface area contributed by atoms with Crippen LogP contribution in [-0.4, -0.2) is 17.8 Å². The van der Waals surface area contributed by atoms with Crippen LogP contribution < -0.4 is 0 Å². The van der Waals surface area contributed by atoms with Crippen molar-refractivity contribution in [3.63, 3.8) is 0 Å². The van der Waals surface area contributed by atoms with Crippen molar-refractivity contribution in [1.82, 2.24) is 0 Å². The fourth-order valence-electron chi connectivity index (χ4n) is 0.228. The van der Waals surface area contributed by atoms with E-state index in [1.807, 2.05) is 0 Å². The SMILES string of the molecule is [C]1=NCCS1.[Sc]. The summed E-state index contributed by atoms with van der Waals surface area (Å²) in [4.78, 5) is 3.80. The van der Waals surface area contributed by atoms with Crippen LogP contribution in [0.4, 0.5) is 0 Å². The standard InChI is InChI=1S/C3H4NS.Sc/c1-2-5-3-4-1;/h1-2H2;. The van der Waals surface area contributed by atoms with Gasteiger partial charge in [0, 0.05) is 38.1 Å². The van der Waals surface area contributed by atoms with Gasteiger partial charge in [0.2, 0.25) is 0 Å². The Balaban J connectivity index is 0.000000250. The zero-order chi connectivity index (χ0) is 3.54. The number of rotatable bonds is 0. The van der Waals surface area contributed by atoms with Crippen LogP contribution in [0.25, 0.3) is 0 Å². The van der Waals surface area contributed by atoms with Gasteiger partial charge < -0.3 is 0 Å². The second kappa shape index (κ2) is 4.06. The summed E-state index contributed by atoms with van der Waals surface area (Å²) in [7, 11) is 0. The summed E-state index contributed by atoms with van der Waals surface area (Å²) >= 11 is 1.66. The van der Waals surface area contributed by atoms with Crippen molar-refractivity contribution in [2.75, 3.05) is 12.3 Å². The molecular formula is C3H4NSSc. The molecule has 0 bridgehead atoms. The molecule has 0 unspecified atom stereocenters. The second-order valence-corrected chi connectivity index (χ2v) is 1.70. The third-order valence-corrected chi connectivity index (χ3v) is 1.08. The number of aliphatic imine (C=N–C) groups is 1. The Labute approximate surface area is 60.4 Å². The minimum Gasteiger partial charge on any atom is -0.275 e. The zero-order valence-electron chi connectivity index (χ0n) is 3.35. The molecule has 0 saturated carbocycles. The quantitative estimate of drug-likeness (QED) is 0.469. The minimum absolute atomic E-state index is 0. The molecule has 0 aromatic heterocycles. The van der Waals surface area contributed by atoms with E-state index in [0.717, 1.165) is 12.3 Å². The van der Waals surface area contributed by atoms with Crippen molar-refractivity contribution in [3.05, 3.63) is 0 Å². The minimum atomic E-state index is 0. The van der Waals surface area contributed by atoms with Gasteiger partial charge in [-0.25, -0.2) is 0 Å². The van der Waals surface area contributed by atoms with Gasteiger partial charge in [-0.1, -0.05) is 0 Å². The fraction of sp³-hybridized carbons (Fsp3) is 0.667. The topological polar surface area (TPSA) is 12.4 Å². The smallest absolute Gasteiger partial charge is 0.122 e. The zero-order valence-corrected chi connectivity index (χ0v) is 5.97. The van der Waals surface area contributed by atoms with Crippen LogP contribution in [0.2, 0.25) is 0 Å². The van der Waals surface area contributed by atoms with E-state index in [2.05, 4.69) is 10.5 Å². The molecular weight excluding hydrogens is 127 g/mol. The molecule has 0 aromatic rings. The molecule has 3 heteroatoms. The average molecular weight is 131 g/mol. The molecule has 0 fully saturated rings. The normalized spacial score (nSPS) is 17.3. The van der Waals surface area contributed by atoms with Crippen LogP contribution in [0, 0.1) is 0 Å². The summed E-state index contributed by atoms with van der Waals surface area (Å²) in [5.41, 5.74) is 2.76. The maximum atomic E-state index is 3.80. The van der Waals surface area contributed by atoms with Crippen LogP contribution >= 0.6 is 11.8 Å². The summed E-state index contributed by atoms with van der Waals surface area (Å²) in [5, 5.41) is 0. The number of thioether (sulfide) groups is 1. The van der Waals surface area contributed by atoms with E-state index in [4.69, 9.17) is 0 Å². The Bertz CT molecular complexity index is 48.8. The van der Waals surface area contributed by atoms with E-state index >= 15 is 0 Å². The Morgan fingerprint density at radius 1 is 1.67 bits per heavy atom. The van der Waals surface area contributed by atoms with Crippen molar-refractivity contribution < 1.29 is 25.8 Å².